The van der Waals surface area contributed by atoms with Gasteiger partial charge < -0.3 is 15.2 Å². The van der Waals surface area contributed by atoms with Gasteiger partial charge in [0, 0.05) is 25.5 Å². The minimum Gasteiger partial charge on any atom is -0.341 e. The number of rotatable bonds is 6. The van der Waals surface area contributed by atoms with Crippen LogP contribution in [0.15, 0.2) is 42.7 Å². The molecule has 1 aromatic carbocycles. The van der Waals surface area contributed by atoms with Gasteiger partial charge in [-0.3, -0.25) is 4.79 Å². The molecule has 21 heavy (non-hydrogen) atoms. The lowest BCUT2D eigenvalue weighted by molar-refractivity contribution is -0.120. The van der Waals surface area contributed by atoms with E-state index in [1.807, 2.05) is 62.0 Å². The van der Waals surface area contributed by atoms with Gasteiger partial charge in [-0.05, 0) is 5.56 Å². The largest absolute Gasteiger partial charge is 0.341 e. The van der Waals surface area contributed by atoms with Crippen molar-refractivity contribution in [1.82, 2.24) is 20.2 Å². The summed E-state index contributed by atoms with van der Waals surface area (Å²) in [5, 5.41) is 6.17. The number of nitrogens with zero attached hydrogens (tertiary/aromatic N) is 2. The molecule has 0 saturated carbocycles. The number of benzene rings is 1. The molecule has 1 heterocycles. The average Bonchev–Trinajstić information content (AvgIpc) is 2.89. The van der Waals surface area contributed by atoms with Crippen LogP contribution in [-0.4, -0.2) is 28.0 Å². The van der Waals surface area contributed by atoms with Crippen LogP contribution in [0.1, 0.15) is 31.3 Å². The number of hydrogen-bond acceptors (Lipinski definition) is 3. The van der Waals surface area contributed by atoms with Crippen molar-refractivity contribution in [3.05, 3.63) is 54.1 Å². The van der Waals surface area contributed by atoms with E-state index in [-0.39, 0.29) is 18.0 Å². The van der Waals surface area contributed by atoms with Crippen LogP contribution in [-0.2, 0) is 11.8 Å². The first-order chi connectivity index (χ1) is 10.1. The first kappa shape index (κ1) is 15.3. The van der Waals surface area contributed by atoms with E-state index < -0.39 is 0 Å². The van der Waals surface area contributed by atoms with Crippen LogP contribution in [0.4, 0.5) is 0 Å². The highest BCUT2D eigenvalue weighted by molar-refractivity contribution is 5.78. The molecule has 0 spiro atoms. The van der Waals surface area contributed by atoms with Crippen LogP contribution < -0.4 is 10.6 Å². The monoisotopic (exact) mass is 286 g/mol. The van der Waals surface area contributed by atoms with Crippen molar-refractivity contribution < 1.29 is 4.79 Å². The molecule has 0 aliphatic rings. The molecular weight excluding hydrogens is 264 g/mol. The molecule has 2 aromatic rings. The van der Waals surface area contributed by atoms with Gasteiger partial charge in [0.2, 0.25) is 5.91 Å². The first-order valence-corrected chi connectivity index (χ1v) is 7.13. The molecule has 2 rings (SSSR count). The number of carbonyl (C=O) groups excluding carboxylic acids is 1. The topological polar surface area (TPSA) is 59.0 Å². The Kier molecular flexibility index (Phi) is 5.11. The number of amides is 1. The summed E-state index contributed by atoms with van der Waals surface area (Å²) in [7, 11) is 1.93. The van der Waals surface area contributed by atoms with Gasteiger partial charge in [0.05, 0.1) is 6.54 Å². The zero-order valence-electron chi connectivity index (χ0n) is 12.7. The Morgan fingerprint density at radius 2 is 2.00 bits per heavy atom. The van der Waals surface area contributed by atoms with Crippen molar-refractivity contribution >= 4 is 5.91 Å². The molecule has 1 atom stereocenters. The summed E-state index contributed by atoms with van der Waals surface area (Å²) in [5.74, 6) is 0.777. The molecule has 1 unspecified atom stereocenters. The third-order valence-electron chi connectivity index (χ3n) is 3.23. The molecule has 0 bridgehead atoms. The first-order valence-electron chi connectivity index (χ1n) is 7.13. The Morgan fingerprint density at radius 1 is 1.29 bits per heavy atom. The molecule has 0 saturated heterocycles. The number of hydrogen-bond donors (Lipinski definition) is 2. The van der Waals surface area contributed by atoms with E-state index >= 15 is 0 Å². The van der Waals surface area contributed by atoms with Crippen LogP contribution in [0, 0.1) is 0 Å². The number of aromatic nitrogens is 2. The van der Waals surface area contributed by atoms with Gasteiger partial charge in [-0.25, -0.2) is 4.98 Å². The van der Waals surface area contributed by atoms with Gasteiger partial charge in [0.25, 0.3) is 0 Å². The van der Waals surface area contributed by atoms with E-state index in [9.17, 15) is 4.79 Å². The molecule has 2 N–H and O–H groups in total. The molecule has 1 amide bonds. The predicted octanol–water partition coefficient (Wildman–Crippen LogP) is 1.62. The highest BCUT2D eigenvalue weighted by atomic mass is 16.2. The fourth-order valence-electron chi connectivity index (χ4n) is 2.11. The Bertz CT molecular complexity index is 577. The lowest BCUT2D eigenvalue weighted by atomic mass is 10.1. The van der Waals surface area contributed by atoms with Crippen molar-refractivity contribution in [2.75, 3.05) is 6.54 Å². The fraction of sp³-hybridized carbons (Fsp3) is 0.375. The highest BCUT2D eigenvalue weighted by Crippen LogP contribution is 2.19. The summed E-state index contributed by atoms with van der Waals surface area (Å²) < 4.78 is 1.92. The van der Waals surface area contributed by atoms with Crippen LogP contribution in [0.3, 0.4) is 0 Å². The Balaban J connectivity index is 2.18. The quantitative estimate of drug-likeness (QED) is 0.848. The van der Waals surface area contributed by atoms with Crippen molar-refractivity contribution in [3.8, 4) is 0 Å². The van der Waals surface area contributed by atoms with Gasteiger partial charge in [-0.1, -0.05) is 44.2 Å². The zero-order valence-corrected chi connectivity index (χ0v) is 12.7. The number of imidazole rings is 1. The standard InChI is InChI=1S/C16H22N4O/c1-12(2)18-11-14(21)19-15(13-7-5-4-6-8-13)16-17-9-10-20(16)3/h4-10,12,15,18H,11H2,1-3H3,(H,19,21). The predicted molar refractivity (Wildman–Crippen MR) is 82.8 cm³/mol. The van der Waals surface area contributed by atoms with E-state index in [0.717, 1.165) is 11.4 Å². The maximum Gasteiger partial charge on any atom is 0.234 e. The Hall–Kier alpha value is -2.14. The van der Waals surface area contributed by atoms with Crippen molar-refractivity contribution in [3.63, 3.8) is 0 Å². The van der Waals surface area contributed by atoms with Crippen molar-refractivity contribution in [2.24, 2.45) is 7.05 Å². The highest BCUT2D eigenvalue weighted by Gasteiger charge is 2.20. The second-order valence-corrected chi connectivity index (χ2v) is 5.34. The van der Waals surface area contributed by atoms with Gasteiger partial charge >= 0.3 is 0 Å². The second kappa shape index (κ2) is 7.04. The van der Waals surface area contributed by atoms with Gasteiger partial charge in [-0.2, -0.15) is 0 Å². The molecule has 5 heteroatoms. The lowest BCUT2D eigenvalue weighted by Gasteiger charge is -2.19. The molecule has 5 nitrogen and oxygen atoms in total. The summed E-state index contributed by atoms with van der Waals surface area (Å²) in [6, 6.07) is 9.91. The van der Waals surface area contributed by atoms with E-state index in [2.05, 4.69) is 15.6 Å². The Labute approximate surface area is 125 Å². The minimum atomic E-state index is -0.243. The molecule has 112 valence electrons. The third-order valence-corrected chi connectivity index (χ3v) is 3.23. The van der Waals surface area contributed by atoms with E-state index in [1.54, 1.807) is 6.20 Å². The molecule has 1 aromatic heterocycles. The number of nitrogens with one attached hydrogen (secondary N) is 2. The maximum absolute atomic E-state index is 12.1. The van der Waals surface area contributed by atoms with Gasteiger partial charge in [0.1, 0.15) is 11.9 Å². The molecule has 0 aliphatic heterocycles. The Morgan fingerprint density at radius 3 is 2.57 bits per heavy atom. The zero-order chi connectivity index (χ0) is 15.2. The maximum atomic E-state index is 12.1. The summed E-state index contributed by atoms with van der Waals surface area (Å²) in [6.45, 7) is 4.33. The van der Waals surface area contributed by atoms with Crippen LogP contribution >= 0.6 is 0 Å². The summed E-state index contributed by atoms with van der Waals surface area (Å²) >= 11 is 0. The minimum absolute atomic E-state index is 0.0412. The molecule has 0 fully saturated rings. The van der Waals surface area contributed by atoms with E-state index in [1.165, 1.54) is 0 Å². The van der Waals surface area contributed by atoms with Crippen LogP contribution in [0.25, 0.3) is 0 Å². The van der Waals surface area contributed by atoms with Gasteiger partial charge in [0.15, 0.2) is 0 Å². The fourth-order valence-corrected chi connectivity index (χ4v) is 2.11. The summed E-state index contributed by atoms with van der Waals surface area (Å²) in [6.07, 6.45) is 3.62. The molecule has 0 radical (unpaired) electrons. The van der Waals surface area contributed by atoms with E-state index in [4.69, 9.17) is 0 Å². The summed E-state index contributed by atoms with van der Waals surface area (Å²) in [5.41, 5.74) is 1.02. The third kappa shape index (κ3) is 4.16. The molecular formula is C16H22N4O. The smallest absolute Gasteiger partial charge is 0.234 e. The number of aryl methyl sites for hydroxylation is 1. The van der Waals surface area contributed by atoms with Gasteiger partial charge in [-0.15, -0.1) is 0 Å². The average molecular weight is 286 g/mol. The van der Waals surface area contributed by atoms with Crippen molar-refractivity contribution in [1.29, 1.82) is 0 Å². The van der Waals surface area contributed by atoms with E-state index in [0.29, 0.717) is 6.54 Å². The second-order valence-electron chi connectivity index (χ2n) is 5.34. The van der Waals surface area contributed by atoms with Crippen LogP contribution in [0.5, 0.6) is 0 Å². The summed E-state index contributed by atoms with van der Waals surface area (Å²) in [4.78, 5) is 16.5. The molecule has 0 aliphatic carbocycles. The normalized spacial score (nSPS) is 12.4. The SMILES string of the molecule is CC(C)NCC(=O)NC(c1ccccc1)c1nccn1C. The number of carbonyl (C=O) groups is 1. The van der Waals surface area contributed by atoms with Crippen molar-refractivity contribution in [2.45, 2.75) is 25.9 Å². The lowest BCUT2D eigenvalue weighted by Crippen LogP contribution is -2.39. The van der Waals surface area contributed by atoms with Crippen LogP contribution in [0.2, 0.25) is 0 Å².